The summed E-state index contributed by atoms with van der Waals surface area (Å²) in [6, 6.07) is 16.2. The Balaban J connectivity index is 0.00000100. The van der Waals surface area contributed by atoms with Crippen LogP contribution in [0.2, 0.25) is 0 Å². The van der Waals surface area contributed by atoms with E-state index in [0.717, 1.165) is 11.2 Å². The summed E-state index contributed by atoms with van der Waals surface area (Å²) in [4.78, 5) is 5.58. The molecule has 0 spiro atoms. The highest BCUT2D eigenvalue weighted by molar-refractivity contribution is 6.08. The lowest BCUT2D eigenvalue weighted by Crippen LogP contribution is -2.55. The first kappa shape index (κ1) is 34.2. The van der Waals surface area contributed by atoms with Crippen LogP contribution in [0.4, 0.5) is 0 Å². The summed E-state index contributed by atoms with van der Waals surface area (Å²) < 4.78 is 2.45. The largest absolute Gasteiger partial charge is 0.299 e. The molecule has 0 bridgehead atoms. The zero-order valence-corrected chi connectivity index (χ0v) is 32.1. The fraction of sp³-hybridized carbons (Fsp3) is 0.523. The smallest absolute Gasteiger partial charge is 0.146 e. The number of nitrogens with zero attached hydrogens (tertiary/aromatic N) is 2. The third-order valence-electron chi connectivity index (χ3n) is 13.7. The van der Waals surface area contributed by atoms with Crippen LogP contribution in [0.5, 0.6) is 0 Å². The lowest BCUT2D eigenvalue weighted by atomic mass is 9.47. The third kappa shape index (κ3) is 3.79. The van der Waals surface area contributed by atoms with Crippen molar-refractivity contribution in [1.29, 1.82) is 0 Å². The van der Waals surface area contributed by atoms with E-state index >= 15 is 0 Å². The van der Waals surface area contributed by atoms with Crippen LogP contribution in [0.1, 0.15) is 143 Å². The Kier molecular flexibility index (Phi) is 7.95. The maximum atomic E-state index is 5.58. The van der Waals surface area contributed by atoms with Gasteiger partial charge < -0.3 is 0 Å². The van der Waals surface area contributed by atoms with E-state index in [9.17, 15) is 0 Å². The summed E-state index contributed by atoms with van der Waals surface area (Å²) in [5.74, 6) is 0.393. The van der Waals surface area contributed by atoms with Gasteiger partial charge in [-0.15, -0.1) is 0 Å². The Hall–Kier alpha value is -3.13. The zero-order valence-electron chi connectivity index (χ0n) is 32.1. The van der Waals surface area contributed by atoms with Crippen molar-refractivity contribution >= 4 is 27.5 Å². The topological polar surface area (TPSA) is 17.3 Å². The van der Waals surface area contributed by atoms with Gasteiger partial charge in [0, 0.05) is 17.0 Å². The molecule has 0 saturated carbocycles. The molecule has 2 heterocycles. The van der Waals surface area contributed by atoms with Gasteiger partial charge in [0.05, 0.1) is 11.0 Å². The van der Waals surface area contributed by atoms with Crippen LogP contribution in [0.15, 0.2) is 48.7 Å². The number of imidazole rings is 1. The third-order valence-corrected chi connectivity index (χ3v) is 13.7. The molecular formula is C44H60N2. The molecule has 0 amide bonds. The summed E-state index contributed by atoms with van der Waals surface area (Å²) >= 11 is 0. The van der Waals surface area contributed by atoms with Crippen molar-refractivity contribution in [3.63, 3.8) is 0 Å². The van der Waals surface area contributed by atoms with Gasteiger partial charge in [-0.3, -0.25) is 4.40 Å². The van der Waals surface area contributed by atoms with Gasteiger partial charge in [0.15, 0.2) is 0 Å². The number of fused-ring (bicyclic) bond motifs is 6. The van der Waals surface area contributed by atoms with Gasteiger partial charge in [-0.25, -0.2) is 4.98 Å². The van der Waals surface area contributed by atoms with Crippen molar-refractivity contribution in [1.82, 2.24) is 9.38 Å². The molecule has 246 valence electrons. The van der Waals surface area contributed by atoms with Crippen LogP contribution < -0.4 is 0 Å². The van der Waals surface area contributed by atoms with Gasteiger partial charge >= 0.3 is 0 Å². The summed E-state index contributed by atoms with van der Waals surface area (Å²) in [6.45, 7) is 39.7. The standard InChI is InChI=1S/C40H48N2.2C2H6/c1-22(2)25-17-18-26(30-23(3)15-14-16-24(30)4)27-19-20-42-34-29(41-35(42)31(25)27)21-28-32-33(34)37(7,8)39(11,12)40(32,13)38(9,10)36(28,5)6;2*1-2/h14-22H,1-13H3;2*1-2H3. The fourth-order valence-corrected chi connectivity index (χ4v) is 9.66. The molecule has 3 aromatic carbocycles. The van der Waals surface area contributed by atoms with Crippen LogP contribution in [-0.4, -0.2) is 9.38 Å². The minimum Gasteiger partial charge on any atom is -0.299 e. The molecule has 2 nitrogen and oxygen atoms in total. The van der Waals surface area contributed by atoms with Crippen LogP contribution in [0, 0.1) is 24.7 Å². The number of pyridine rings is 1. The predicted octanol–water partition coefficient (Wildman–Crippen LogP) is 13.0. The van der Waals surface area contributed by atoms with Gasteiger partial charge in [0.25, 0.3) is 0 Å². The second-order valence-corrected chi connectivity index (χ2v) is 16.2. The van der Waals surface area contributed by atoms with Gasteiger partial charge in [0.2, 0.25) is 0 Å². The molecule has 0 aliphatic heterocycles. The molecule has 0 fully saturated rings. The number of benzene rings is 3. The monoisotopic (exact) mass is 616 g/mol. The average molecular weight is 617 g/mol. The lowest BCUT2D eigenvalue weighted by molar-refractivity contribution is -0.0103. The summed E-state index contributed by atoms with van der Waals surface area (Å²) in [5, 5.41) is 2.60. The Morgan fingerprint density at radius 1 is 0.696 bits per heavy atom. The van der Waals surface area contributed by atoms with E-state index in [-0.39, 0.29) is 27.1 Å². The molecule has 1 unspecified atom stereocenters. The number of aryl methyl sites for hydroxylation is 2. The molecule has 5 aromatic rings. The molecule has 2 aromatic heterocycles. The average Bonchev–Trinajstić information content (AvgIpc) is 3.48. The molecule has 1 atom stereocenters. The van der Waals surface area contributed by atoms with Crippen molar-refractivity contribution in [2.75, 3.05) is 0 Å². The number of aromatic nitrogens is 2. The molecular weight excluding hydrogens is 556 g/mol. The van der Waals surface area contributed by atoms with E-state index in [2.05, 4.69) is 143 Å². The number of hydrogen-bond donors (Lipinski definition) is 0. The van der Waals surface area contributed by atoms with E-state index in [0.29, 0.717) is 5.92 Å². The van der Waals surface area contributed by atoms with E-state index in [1.165, 1.54) is 55.2 Å². The van der Waals surface area contributed by atoms with Crippen LogP contribution in [0.25, 0.3) is 38.6 Å². The first-order chi connectivity index (χ1) is 21.4. The van der Waals surface area contributed by atoms with Crippen molar-refractivity contribution in [2.45, 2.75) is 140 Å². The van der Waals surface area contributed by atoms with Crippen molar-refractivity contribution < 1.29 is 0 Å². The zero-order chi connectivity index (χ0) is 34.5. The van der Waals surface area contributed by atoms with E-state index in [4.69, 9.17) is 4.98 Å². The lowest BCUT2D eigenvalue weighted by Gasteiger charge is -2.56. The fourth-order valence-electron chi connectivity index (χ4n) is 9.66. The number of rotatable bonds is 2. The number of hydrogen-bond acceptors (Lipinski definition) is 1. The molecule has 2 aliphatic carbocycles. The van der Waals surface area contributed by atoms with E-state index < -0.39 is 0 Å². The highest BCUT2D eigenvalue weighted by Crippen LogP contribution is 2.76. The molecule has 2 heteroatoms. The Morgan fingerprint density at radius 2 is 1.26 bits per heavy atom. The maximum absolute atomic E-state index is 5.58. The molecule has 7 rings (SSSR count). The van der Waals surface area contributed by atoms with E-state index in [1.807, 2.05) is 27.7 Å². The van der Waals surface area contributed by atoms with Gasteiger partial charge in [-0.2, -0.15) is 0 Å². The quantitative estimate of drug-likeness (QED) is 0.193. The minimum absolute atomic E-state index is 0.0228. The predicted molar refractivity (Wildman–Crippen MR) is 203 cm³/mol. The second kappa shape index (κ2) is 10.7. The van der Waals surface area contributed by atoms with Crippen molar-refractivity contribution in [3.05, 3.63) is 82.0 Å². The van der Waals surface area contributed by atoms with Gasteiger partial charge in [-0.05, 0) is 103 Å². The molecule has 0 N–H and O–H groups in total. The van der Waals surface area contributed by atoms with Gasteiger partial charge in [-0.1, -0.05) is 134 Å². The Bertz CT molecular complexity index is 1970. The molecule has 0 radical (unpaired) electrons. The van der Waals surface area contributed by atoms with Crippen molar-refractivity contribution in [3.8, 4) is 11.1 Å². The highest BCUT2D eigenvalue weighted by atomic mass is 15.0. The Labute approximate surface area is 280 Å². The van der Waals surface area contributed by atoms with Crippen LogP contribution in [-0.2, 0) is 16.2 Å². The first-order valence-corrected chi connectivity index (χ1v) is 18.0. The summed E-state index contributed by atoms with van der Waals surface area (Å²) in [5.41, 5.74) is 15.0. The van der Waals surface area contributed by atoms with Crippen LogP contribution >= 0.6 is 0 Å². The van der Waals surface area contributed by atoms with E-state index in [1.54, 1.807) is 5.56 Å². The SMILES string of the molecule is CC.CC.Cc1cccc(C)c1-c1ccc(C(C)C)c2c1ccn1c2nc2cc3c4c(c21)C(C)(C)C(C)(C)C4(C)C(C)(C)C3(C)C. The minimum atomic E-state index is -0.0228. The Morgan fingerprint density at radius 3 is 1.83 bits per heavy atom. The second-order valence-electron chi connectivity index (χ2n) is 16.2. The summed E-state index contributed by atoms with van der Waals surface area (Å²) in [7, 11) is 0. The maximum Gasteiger partial charge on any atom is 0.146 e. The highest BCUT2D eigenvalue weighted by Gasteiger charge is 2.72. The van der Waals surface area contributed by atoms with Gasteiger partial charge in [0.1, 0.15) is 5.65 Å². The normalized spacial score (nSPS) is 21.3. The summed E-state index contributed by atoms with van der Waals surface area (Å²) in [6.07, 6.45) is 2.32. The first-order valence-electron chi connectivity index (χ1n) is 18.0. The molecule has 46 heavy (non-hydrogen) atoms. The van der Waals surface area contributed by atoms with Crippen molar-refractivity contribution in [2.24, 2.45) is 10.8 Å². The van der Waals surface area contributed by atoms with Crippen LogP contribution in [0.3, 0.4) is 0 Å². The molecule has 0 saturated heterocycles. The molecule has 2 aliphatic rings.